The Labute approximate surface area is 162 Å². The molecular formula is C22H21NO5. The van der Waals surface area contributed by atoms with Gasteiger partial charge in [0.05, 0.1) is 6.42 Å². The molecule has 6 heteroatoms. The van der Waals surface area contributed by atoms with Crippen molar-refractivity contribution in [2.75, 3.05) is 11.9 Å². The number of esters is 1. The summed E-state index contributed by atoms with van der Waals surface area (Å²) in [5.74, 6) is -1.09. The number of benzene rings is 2. The largest absolute Gasteiger partial charge is 0.457 e. The molecule has 28 heavy (non-hydrogen) atoms. The van der Waals surface area contributed by atoms with Gasteiger partial charge in [0.15, 0.2) is 18.2 Å². The molecule has 2 aromatic carbocycles. The van der Waals surface area contributed by atoms with Crippen LogP contribution in [-0.4, -0.2) is 30.0 Å². The quantitative estimate of drug-likeness (QED) is 0.589. The van der Waals surface area contributed by atoms with E-state index >= 15 is 0 Å². The van der Waals surface area contributed by atoms with Crippen LogP contribution in [0.15, 0.2) is 42.5 Å². The van der Waals surface area contributed by atoms with Crippen LogP contribution in [0, 0.1) is 6.92 Å². The van der Waals surface area contributed by atoms with E-state index in [1.807, 2.05) is 19.1 Å². The second-order valence-electron chi connectivity index (χ2n) is 6.79. The van der Waals surface area contributed by atoms with Crippen LogP contribution in [0.4, 0.5) is 5.69 Å². The number of hydrogen-bond acceptors (Lipinski definition) is 5. The maximum Gasteiger partial charge on any atom is 0.306 e. The molecule has 1 heterocycles. The number of rotatable bonds is 7. The van der Waals surface area contributed by atoms with E-state index in [4.69, 9.17) is 4.74 Å². The number of carbonyl (C=O) groups is 4. The normalized spacial score (nSPS) is 12.7. The van der Waals surface area contributed by atoms with Gasteiger partial charge in [-0.2, -0.15) is 0 Å². The number of carbonyl (C=O) groups excluding carboxylic acids is 4. The van der Waals surface area contributed by atoms with E-state index in [9.17, 15) is 19.2 Å². The summed E-state index contributed by atoms with van der Waals surface area (Å²) in [6, 6.07) is 12.1. The van der Waals surface area contributed by atoms with E-state index in [0.29, 0.717) is 29.7 Å². The molecule has 1 amide bonds. The van der Waals surface area contributed by atoms with E-state index < -0.39 is 5.97 Å². The fourth-order valence-corrected chi connectivity index (χ4v) is 2.96. The lowest BCUT2D eigenvalue weighted by Gasteiger charge is -2.17. The zero-order chi connectivity index (χ0) is 20.1. The van der Waals surface area contributed by atoms with Crippen LogP contribution in [0.2, 0.25) is 0 Å². The highest BCUT2D eigenvalue weighted by atomic mass is 16.5. The summed E-state index contributed by atoms with van der Waals surface area (Å²) in [7, 11) is 0. The SMILES string of the molecule is Cc1ccc(C(=O)CCC(=O)OCC(=O)c2ccc3c(c2)CCC(=O)N3)cc1. The molecule has 3 rings (SSSR count). The van der Waals surface area contributed by atoms with Crippen LogP contribution < -0.4 is 5.32 Å². The van der Waals surface area contributed by atoms with Gasteiger partial charge in [-0.1, -0.05) is 29.8 Å². The standard InChI is InChI=1S/C22H21NO5/c1-14-2-4-15(5-3-14)19(24)9-11-22(27)28-13-20(25)17-6-8-18-16(12-17)7-10-21(26)23-18/h2-6,8,12H,7,9-11,13H2,1H3,(H,23,26). The van der Waals surface area contributed by atoms with E-state index in [2.05, 4.69) is 5.32 Å². The molecule has 1 aliphatic rings. The van der Waals surface area contributed by atoms with Crippen molar-refractivity contribution in [2.45, 2.75) is 32.6 Å². The van der Waals surface area contributed by atoms with E-state index in [1.165, 1.54) is 0 Å². The zero-order valence-corrected chi connectivity index (χ0v) is 15.6. The van der Waals surface area contributed by atoms with Gasteiger partial charge in [-0.05, 0) is 37.1 Å². The fourth-order valence-electron chi connectivity index (χ4n) is 2.96. The van der Waals surface area contributed by atoms with Gasteiger partial charge in [-0.3, -0.25) is 19.2 Å². The summed E-state index contributed by atoms with van der Waals surface area (Å²) in [5, 5.41) is 2.75. The lowest BCUT2D eigenvalue weighted by Crippen LogP contribution is -2.20. The minimum atomic E-state index is -0.584. The van der Waals surface area contributed by atoms with Crippen LogP contribution in [0.5, 0.6) is 0 Å². The topological polar surface area (TPSA) is 89.5 Å². The summed E-state index contributed by atoms with van der Waals surface area (Å²) < 4.78 is 5.01. The molecule has 0 saturated heterocycles. The number of anilines is 1. The van der Waals surface area contributed by atoms with Gasteiger partial charge >= 0.3 is 5.97 Å². The van der Waals surface area contributed by atoms with Gasteiger partial charge in [0.2, 0.25) is 5.91 Å². The summed E-state index contributed by atoms with van der Waals surface area (Å²) in [6.07, 6.45) is 0.919. The highest BCUT2D eigenvalue weighted by Crippen LogP contribution is 2.23. The third-order valence-electron chi connectivity index (χ3n) is 4.62. The molecule has 0 spiro atoms. The van der Waals surface area contributed by atoms with E-state index in [-0.39, 0.29) is 36.9 Å². The highest BCUT2D eigenvalue weighted by molar-refractivity contribution is 6.00. The van der Waals surface area contributed by atoms with E-state index in [1.54, 1.807) is 30.3 Å². The lowest BCUT2D eigenvalue weighted by atomic mass is 9.99. The van der Waals surface area contributed by atoms with Gasteiger partial charge in [0.1, 0.15) is 0 Å². The molecule has 0 radical (unpaired) electrons. The van der Waals surface area contributed by atoms with Gasteiger partial charge in [0, 0.05) is 29.7 Å². The number of hydrogen-bond donors (Lipinski definition) is 1. The molecule has 2 aromatic rings. The van der Waals surface area contributed by atoms with Gasteiger partial charge in [-0.25, -0.2) is 0 Å². The molecule has 0 bridgehead atoms. The third-order valence-corrected chi connectivity index (χ3v) is 4.62. The Hall–Kier alpha value is -3.28. The number of fused-ring (bicyclic) bond motifs is 1. The summed E-state index contributed by atoms with van der Waals surface area (Å²) in [5.41, 5.74) is 3.63. The van der Waals surface area contributed by atoms with Crippen LogP contribution in [0.25, 0.3) is 0 Å². The monoisotopic (exact) mass is 379 g/mol. The van der Waals surface area contributed by atoms with Crippen molar-refractivity contribution in [3.05, 3.63) is 64.7 Å². The highest BCUT2D eigenvalue weighted by Gasteiger charge is 2.18. The number of aryl methyl sites for hydroxylation is 2. The molecule has 144 valence electrons. The first-order valence-corrected chi connectivity index (χ1v) is 9.14. The second-order valence-corrected chi connectivity index (χ2v) is 6.79. The molecule has 1 aliphatic heterocycles. The number of Topliss-reactive ketones (excluding diaryl/α,β-unsaturated/α-hetero) is 2. The molecule has 0 aliphatic carbocycles. The Morgan fingerprint density at radius 3 is 2.39 bits per heavy atom. The number of amides is 1. The average Bonchev–Trinajstić information content (AvgIpc) is 2.70. The number of ether oxygens (including phenoxy) is 1. The Balaban J connectivity index is 1.48. The van der Waals surface area contributed by atoms with Crippen molar-refractivity contribution in [2.24, 2.45) is 0 Å². The second kappa shape index (κ2) is 8.61. The first-order valence-electron chi connectivity index (χ1n) is 9.14. The summed E-state index contributed by atoms with van der Waals surface area (Å²) in [4.78, 5) is 47.6. The van der Waals surface area contributed by atoms with Crippen molar-refractivity contribution in [3.8, 4) is 0 Å². The van der Waals surface area contributed by atoms with Crippen molar-refractivity contribution in [3.63, 3.8) is 0 Å². The minimum Gasteiger partial charge on any atom is -0.457 e. The van der Waals surface area contributed by atoms with Gasteiger partial charge in [-0.15, -0.1) is 0 Å². The Morgan fingerprint density at radius 2 is 1.64 bits per heavy atom. The molecular weight excluding hydrogens is 358 g/mol. The Kier molecular flexibility index (Phi) is 5.99. The summed E-state index contributed by atoms with van der Waals surface area (Å²) >= 11 is 0. The Morgan fingerprint density at radius 1 is 0.929 bits per heavy atom. The average molecular weight is 379 g/mol. The van der Waals surface area contributed by atoms with Crippen molar-refractivity contribution in [1.82, 2.24) is 0 Å². The predicted octanol–water partition coefficient (Wildman–Crippen LogP) is 3.27. The predicted molar refractivity (Wildman–Crippen MR) is 103 cm³/mol. The minimum absolute atomic E-state index is 0.0363. The van der Waals surface area contributed by atoms with E-state index in [0.717, 1.165) is 11.1 Å². The molecule has 6 nitrogen and oxygen atoms in total. The smallest absolute Gasteiger partial charge is 0.306 e. The van der Waals surface area contributed by atoms with Crippen molar-refractivity contribution >= 4 is 29.1 Å². The van der Waals surface area contributed by atoms with Gasteiger partial charge in [0.25, 0.3) is 0 Å². The first-order chi connectivity index (χ1) is 13.4. The van der Waals surface area contributed by atoms with Crippen molar-refractivity contribution in [1.29, 1.82) is 0 Å². The number of ketones is 2. The zero-order valence-electron chi connectivity index (χ0n) is 15.6. The molecule has 0 saturated carbocycles. The third kappa shape index (κ3) is 4.91. The Bertz CT molecular complexity index is 930. The number of nitrogens with one attached hydrogen (secondary N) is 1. The maximum absolute atomic E-state index is 12.3. The van der Waals surface area contributed by atoms with Gasteiger partial charge < -0.3 is 10.1 Å². The van der Waals surface area contributed by atoms with Crippen LogP contribution >= 0.6 is 0 Å². The van der Waals surface area contributed by atoms with Crippen LogP contribution in [0.1, 0.15) is 51.1 Å². The molecule has 1 N–H and O–H groups in total. The molecule has 0 unspecified atom stereocenters. The van der Waals surface area contributed by atoms with Crippen LogP contribution in [-0.2, 0) is 20.7 Å². The van der Waals surface area contributed by atoms with Crippen LogP contribution in [0.3, 0.4) is 0 Å². The molecule has 0 aromatic heterocycles. The fraction of sp³-hybridized carbons (Fsp3) is 0.273. The molecule has 0 fully saturated rings. The summed E-state index contributed by atoms with van der Waals surface area (Å²) in [6.45, 7) is 1.56. The maximum atomic E-state index is 12.3. The first kappa shape index (κ1) is 19.5. The van der Waals surface area contributed by atoms with Crippen molar-refractivity contribution < 1.29 is 23.9 Å². The lowest BCUT2D eigenvalue weighted by molar-refractivity contribution is -0.142. The molecule has 0 atom stereocenters.